The van der Waals surface area contributed by atoms with Gasteiger partial charge in [0.15, 0.2) is 11.4 Å². The predicted molar refractivity (Wildman–Crippen MR) is 83.7 cm³/mol. The van der Waals surface area contributed by atoms with Crippen LogP contribution in [0.5, 0.6) is 0 Å². The molecule has 0 bridgehead atoms. The first-order chi connectivity index (χ1) is 10.7. The molecule has 0 spiro atoms. The van der Waals surface area contributed by atoms with Gasteiger partial charge in [-0.25, -0.2) is 14.4 Å². The van der Waals surface area contributed by atoms with E-state index in [2.05, 4.69) is 15.3 Å². The van der Waals surface area contributed by atoms with Gasteiger partial charge in [0, 0.05) is 5.39 Å². The minimum atomic E-state index is -0.339. The molecule has 0 amide bonds. The summed E-state index contributed by atoms with van der Waals surface area (Å²) in [4.78, 5) is 8.46. The van der Waals surface area contributed by atoms with Crippen molar-refractivity contribution >= 4 is 33.6 Å². The van der Waals surface area contributed by atoms with E-state index in [0.717, 1.165) is 16.5 Å². The zero-order valence-electron chi connectivity index (χ0n) is 11.8. The Hall–Kier alpha value is -2.95. The van der Waals surface area contributed by atoms with Gasteiger partial charge in [-0.05, 0) is 36.8 Å². The van der Waals surface area contributed by atoms with Crippen molar-refractivity contribution in [3.8, 4) is 0 Å². The number of benzene rings is 2. The molecule has 0 aliphatic rings. The zero-order valence-corrected chi connectivity index (χ0v) is 11.8. The summed E-state index contributed by atoms with van der Waals surface area (Å²) in [5, 5.41) is 3.91. The van der Waals surface area contributed by atoms with Crippen molar-refractivity contribution in [3.05, 3.63) is 60.2 Å². The fourth-order valence-corrected chi connectivity index (χ4v) is 2.48. The number of hydrogen-bond acceptors (Lipinski definition) is 4. The van der Waals surface area contributed by atoms with Crippen LogP contribution >= 0.6 is 0 Å². The molecule has 2 aromatic heterocycles. The highest BCUT2D eigenvalue weighted by Crippen LogP contribution is 2.32. The average Bonchev–Trinajstić information content (AvgIpc) is 2.91. The summed E-state index contributed by atoms with van der Waals surface area (Å²) in [6.45, 7) is 1.90. The number of aryl methyl sites for hydroxylation is 1. The molecule has 108 valence electrons. The molecule has 4 aromatic rings. The quantitative estimate of drug-likeness (QED) is 0.588. The van der Waals surface area contributed by atoms with Crippen molar-refractivity contribution in [2.75, 3.05) is 5.32 Å². The fraction of sp³-hybridized carbons (Fsp3) is 0.0588. The van der Waals surface area contributed by atoms with E-state index in [-0.39, 0.29) is 5.82 Å². The molecule has 1 N–H and O–H groups in total. The van der Waals surface area contributed by atoms with Gasteiger partial charge in [0.25, 0.3) is 0 Å². The van der Waals surface area contributed by atoms with Crippen molar-refractivity contribution in [1.82, 2.24) is 9.97 Å². The Morgan fingerprint density at radius 2 is 1.95 bits per heavy atom. The summed E-state index contributed by atoms with van der Waals surface area (Å²) in [5.41, 5.74) is 3.27. The molecule has 0 aliphatic heterocycles. The molecule has 0 radical (unpaired) electrons. The van der Waals surface area contributed by atoms with E-state index < -0.39 is 0 Å². The molecule has 4 rings (SSSR count). The first kappa shape index (κ1) is 12.8. The Morgan fingerprint density at radius 3 is 2.86 bits per heavy atom. The normalized spacial score (nSPS) is 11.2. The number of halogens is 1. The number of anilines is 2. The highest BCUT2D eigenvalue weighted by molar-refractivity contribution is 6.05. The van der Waals surface area contributed by atoms with Gasteiger partial charge in [-0.1, -0.05) is 18.2 Å². The molecule has 2 heterocycles. The number of furan rings is 1. The van der Waals surface area contributed by atoms with Crippen molar-refractivity contribution < 1.29 is 8.81 Å². The number of rotatable bonds is 2. The maximum atomic E-state index is 13.9. The van der Waals surface area contributed by atoms with Crippen molar-refractivity contribution in [2.24, 2.45) is 0 Å². The lowest BCUT2D eigenvalue weighted by atomic mass is 10.2. The van der Waals surface area contributed by atoms with Crippen LogP contribution < -0.4 is 5.32 Å². The van der Waals surface area contributed by atoms with Gasteiger partial charge in [0.05, 0.1) is 5.69 Å². The van der Waals surface area contributed by atoms with Crippen molar-refractivity contribution in [3.63, 3.8) is 0 Å². The summed E-state index contributed by atoms with van der Waals surface area (Å²) in [7, 11) is 0. The number of aromatic nitrogens is 2. The zero-order chi connectivity index (χ0) is 15.1. The van der Waals surface area contributed by atoms with E-state index in [1.54, 1.807) is 12.1 Å². The molecule has 0 unspecified atom stereocenters. The average molecular weight is 293 g/mol. The third-order valence-corrected chi connectivity index (χ3v) is 3.53. The second-order valence-corrected chi connectivity index (χ2v) is 5.11. The van der Waals surface area contributed by atoms with E-state index in [4.69, 9.17) is 4.42 Å². The van der Waals surface area contributed by atoms with Crippen LogP contribution in [0.15, 0.2) is 53.2 Å². The largest absolute Gasteiger partial charge is 0.450 e. The minimum Gasteiger partial charge on any atom is -0.450 e. The van der Waals surface area contributed by atoms with Crippen LogP contribution in [0, 0.1) is 12.7 Å². The number of para-hydroxylation sites is 1. The van der Waals surface area contributed by atoms with Crippen molar-refractivity contribution in [1.29, 1.82) is 0 Å². The van der Waals surface area contributed by atoms with Crippen LogP contribution in [0.25, 0.3) is 22.1 Å². The third-order valence-electron chi connectivity index (χ3n) is 3.53. The van der Waals surface area contributed by atoms with Crippen LogP contribution in [-0.2, 0) is 0 Å². The van der Waals surface area contributed by atoms with E-state index in [0.29, 0.717) is 22.6 Å². The fourth-order valence-electron chi connectivity index (χ4n) is 2.48. The molecule has 2 aromatic carbocycles. The van der Waals surface area contributed by atoms with Gasteiger partial charge in [-0.3, -0.25) is 0 Å². The molecular formula is C17H12FN3O. The maximum absolute atomic E-state index is 13.9. The Morgan fingerprint density at radius 1 is 1.09 bits per heavy atom. The van der Waals surface area contributed by atoms with Gasteiger partial charge in [-0.15, -0.1) is 0 Å². The summed E-state index contributed by atoms with van der Waals surface area (Å²) < 4.78 is 19.7. The highest BCUT2D eigenvalue weighted by Gasteiger charge is 2.14. The third kappa shape index (κ3) is 1.98. The van der Waals surface area contributed by atoms with Crippen LogP contribution in [0.2, 0.25) is 0 Å². The summed E-state index contributed by atoms with van der Waals surface area (Å²) in [6, 6.07) is 12.5. The molecule has 22 heavy (non-hydrogen) atoms. The number of hydrogen-bond donors (Lipinski definition) is 1. The van der Waals surface area contributed by atoms with Gasteiger partial charge >= 0.3 is 0 Å². The van der Waals surface area contributed by atoms with Gasteiger partial charge < -0.3 is 9.73 Å². The molecule has 5 heteroatoms. The van der Waals surface area contributed by atoms with Crippen LogP contribution in [0.1, 0.15) is 5.56 Å². The SMILES string of the molecule is Cc1ccc(F)c(Nc2ncnc3c2oc2ccccc23)c1. The Balaban J connectivity index is 1.90. The van der Waals surface area contributed by atoms with Gasteiger partial charge in [0.2, 0.25) is 0 Å². The van der Waals surface area contributed by atoms with Crippen LogP contribution in [-0.4, -0.2) is 9.97 Å². The standard InChI is InChI=1S/C17H12FN3O/c1-10-6-7-12(18)13(8-10)21-17-16-15(19-9-20-17)11-4-2-3-5-14(11)22-16/h2-9H,1H3,(H,19,20,21). The Labute approximate surface area is 125 Å². The number of nitrogens with zero attached hydrogens (tertiary/aromatic N) is 2. The molecule has 0 saturated heterocycles. The maximum Gasteiger partial charge on any atom is 0.196 e. The van der Waals surface area contributed by atoms with Crippen LogP contribution in [0.4, 0.5) is 15.9 Å². The summed E-state index contributed by atoms with van der Waals surface area (Å²) in [6.07, 6.45) is 1.44. The molecular weight excluding hydrogens is 281 g/mol. The topological polar surface area (TPSA) is 51.0 Å². The molecule has 4 nitrogen and oxygen atoms in total. The monoisotopic (exact) mass is 293 g/mol. The lowest BCUT2D eigenvalue weighted by Gasteiger charge is -2.07. The van der Waals surface area contributed by atoms with E-state index in [1.807, 2.05) is 31.2 Å². The lowest BCUT2D eigenvalue weighted by Crippen LogP contribution is -1.97. The first-order valence-corrected chi connectivity index (χ1v) is 6.88. The lowest BCUT2D eigenvalue weighted by molar-refractivity contribution is 0.631. The predicted octanol–water partition coefficient (Wildman–Crippen LogP) is 4.57. The molecule has 0 aliphatic carbocycles. The van der Waals surface area contributed by atoms with Gasteiger partial charge in [0.1, 0.15) is 23.2 Å². The molecule has 0 atom stereocenters. The van der Waals surface area contributed by atoms with Gasteiger partial charge in [-0.2, -0.15) is 0 Å². The van der Waals surface area contributed by atoms with Crippen LogP contribution in [0.3, 0.4) is 0 Å². The molecule has 0 fully saturated rings. The molecule has 0 saturated carbocycles. The van der Waals surface area contributed by atoms with E-state index in [9.17, 15) is 4.39 Å². The number of nitrogens with one attached hydrogen (secondary N) is 1. The smallest absolute Gasteiger partial charge is 0.196 e. The number of fused-ring (bicyclic) bond motifs is 3. The first-order valence-electron chi connectivity index (χ1n) is 6.88. The summed E-state index contributed by atoms with van der Waals surface area (Å²) in [5.74, 6) is 0.110. The van der Waals surface area contributed by atoms with E-state index >= 15 is 0 Å². The van der Waals surface area contributed by atoms with Crippen molar-refractivity contribution in [2.45, 2.75) is 6.92 Å². The minimum absolute atomic E-state index is 0.339. The Bertz CT molecular complexity index is 994. The Kier molecular flexibility index (Phi) is 2.79. The highest BCUT2D eigenvalue weighted by atomic mass is 19.1. The summed E-state index contributed by atoms with van der Waals surface area (Å²) >= 11 is 0. The second kappa shape index (κ2) is 4.80. The second-order valence-electron chi connectivity index (χ2n) is 5.11. The van der Waals surface area contributed by atoms with E-state index in [1.165, 1.54) is 12.4 Å².